The predicted octanol–water partition coefficient (Wildman–Crippen LogP) is 4.31. The fourth-order valence-electron chi connectivity index (χ4n) is 2.26. The monoisotopic (exact) mass is 292 g/mol. The lowest BCUT2D eigenvalue weighted by molar-refractivity contribution is 0.415. The van der Waals surface area contributed by atoms with Gasteiger partial charge < -0.3 is 10.1 Å². The van der Waals surface area contributed by atoms with E-state index in [1.54, 1.807) is 7.11 Å². The summed E-state index contributed by atoms with van der Waals surface area (Å²) < 4.78 is 5.26. The second-order valence-electron chi connectivity index (χ2n) is 5.22. The molecule has 0 spiro atoms. The summed E-state index contributed by atoms with van der Waals surface area (Å²) in [5.41, 5.74) is 0. The average molecular weight is 293 g/mol. The molecular formula is C16H21ClN2O. The van der Waals surface area contributed by atoms with Crippen molar-refractivity contribution in [3.63, 3.8) is 0 Å². The Morgan fingerprint density at radius 3 is 2.75 bits per heavy atom. The summed E-state index contributed by atoms with van der Waals surface area (Å²) in [6.07, 6.45) is 2.75. The maximum atomic E-state index is 5.89. The number of rotatable bonds is 6. The Morgan fingerprint density at radius 1 is 1.30 bits per heavy atom. The van der Waals surface area contributed by atoms with Crippen molar-refractivity contribution in [3.05, 3.63) is 30.5 Å². The molecule has 1 N–H and O–H groups in total. The molecule has 0 saturated carbocycles. The first-order valence-electron chi connectivity index (χ1n) is 6.91. The summed E-state index contributed by atoms with van der Waals surface area (Å²) in [6, 6.07) is 8.35. The third-order valence-corrected chi connectivity index (χ3v) is 3.74. The molecule has 0 aliphatic carbocycles. The SMILES string of the molecule is COc1ccc2c(NC(CCCl)C(C)C)nccc2c1. The number of aromatic nitrogens is 1. The molecule has 0 bridgehead atoms. The Bertz CT molecular complexity index is 571. The van der Waals surface area contributed by atoms with Gasteiger partial charge in [0.15, 0.2) is 0 Å². The largest absolute Gasteiger partial charge is 0.497 e. The second kappa shape index (κ2) is 6.80. The van der Waals surface area contributed by atoms with Crippen LogP contribution in [-0.2, 0) is 0 Å². The lowest BCUT2D eigenvalue weighted by Gasteiger charge is -2.23. The molecule has 20 heavy (non-hydrogen) atoms. The molecule has 1 unspecified atom stereocenters. The molecule has 0 fully saturated rings. The van der Waals surface area contributed by atoms with Crippen molar-refractivity contribution in [2.45, 2.75) is 26.3 Å². The van der Waals surface area contributed by atoms with E-state index in [0.29, 0.717) is 17.8 Å². The van der Waals surface area contributed by atoms with Gasteiger partial charge in [-0.05, 0) is 42.0 Å². The zero-order chi connectivity index (χ0) is 14.5. The number of hydrogen-bond donors (Lipinski definition) is 1. The Labute approximate surface area is 125 Å². The average Bonchev–Trinajstić information content (AvgIpc) is 2.46. The Morgan fingerprint density at radius 2 is 2.10 bits per heavy atom. The molecule has 108 valence electrons. The van der Waals surface area contributed by atoms with Crippen LogP contribution in [0.5, 0.6) is 5.75 Å². The van der Waals surface area contributed by atoms with Crippen LogP contribution in [0.3, 0.4) is 0 Å². The summed E-state index contributed by atoms with van der Waals surface area (Å²) in [7, 11) is 1.68. The van der Waals surface area contributed by atoms with Crippen LogP contribution in [0.15, 0.2) is 30.5 Å². The van der Waals surface area contributed by atoms with Crippen LogP contribution in [0.2, 0.25) is 0 Å². The molecule has 1 aromatic carbocycles. The van der Waals surface area contributed by atoms with E-state index in [0.717, 1.165) is 28.8 Å². The molecular weight excluding hydrogens is 272 g/mol. The van der Waals surface area contributed by atoms with Gasteiger partial charge in [0.1, 0.15) is 11.6 Å². The topological polar surface area (TPSA) is 34.1 Å². The number of benzene rings is 1. The van der Waals surface area contributed by atoms with Gasteiger partial charge >= 0.3 is 0 Å². The number of alkyl halides is 1. The van der Waals surface area contributed by atoms with Gasteiger partial charge in [-0.2, -0.15) is 0 Å². The maximum absolute atomic E-state index is 5.89. The number of nitrogens with one attached hydrogen (secondary N) is 1. The molecule has 0 saturated heterocycles. The highest BCUT2D eigenvalue weighted by Crippen LogP contribution is 2.26. The van der Waals surface area contributed by atoms with Gasteiger partial charge in [0.05, 0.1) is 7.11 Å². The summed E-state index contributed by atoms with van der Waals surface area (Å²) in [6.45, 7) is 4.39. The molecule has 1 atom stereocenters. The van der Waals surface area contributed by atoms with E-state index in [4.69, 9.17) is 16.3 Å². The van der Waals surface area contributed by atoms with Gasteiger partial charge in [-0.15, -0.1) is 11.6 Å². The van der Waals surface area contributed by atoms with E-state index < -0.39 is 0 Å². The minimum Gasteiger partial charge on any atom is -0.497 e. The molecule has 2 aromatic rings. The minimum absolute atomic E-state index is 0.327. The zero-order valence-electron chi connectivity index (χ0n) is 12.2. The number of hydrogen-bond acceptors (Lipinski definition) is 3. The van der Waals surface area contributed by atoms with Crippen molar-refractivity contribution in [2.24, 2.45) is 5.92 Å². The Hall–Kier alpha value is -1.48. The number of halogens is 1. The number of ether oxygens (including phenoxy) is 1. The number of pyridine rings is 1. The van der Waals surface area contributed by atoms with Crippen LogP contribution >= 0.6 is 11.6 Å². The van der Waals surface area contributed by atoms with Crippen molar-refractivity contribution >= 4 is 28.2 Å². The standard InChI is InChI=1S/C16H21ClN2O/c1-11(2)15(6-8-17)19-16-14-5-4-13(20-3)10-12(14)7-9-18-16/h4-5,7,9-11,15H,6,8H2,1-3H3,(H,18,19). The van der Waals surface area contributed by atoms with Crippen molar-refractivity contribution in [1.29, 1.82) is 0 Å². The van der Waals surface area contributed by atoms with E-state index >= 15 is 0 Å². The van der Waals surface area contributed by atoms with E-state index in [2.05, 4.69) is 24.1 Å². The third kappa shape index (κ3) is 3.34. The fraction of sp³-hybridized carbons (Fsp3) is 0.438. The van der Waals surface area contributed by atoms with Gasteiger partial charge in [0, 0.05) is 23.5 Å². The highest BCUT2D eigenvalue weighted by molar-refractivity contribution is 6.17. The maximum Gasteiger partial charge on any atom is 0.134 e. The molecule has 0 amide bonds. The molecule has 4 heteroatoms. The van der Waals surface area contributed by atoms with Crippen LogP contribution in [0, 0.1) is 5.92 Å². The Balaban J connectivity index is 2.34. The zero-order valence-corrected chi connectivity index (χ0v) is 12.9. The third-order valence-electron chi connectivity index (χ3n) is 3.52. The Kier molecular flexibility index (Phi) is 5.07. The first-order chi connectivity index (χ1) is 9.65. The molecule has 0 aliphatic rings. The van der Waals surface area contributed by atoms with Gasteiger partial charge in [-0.1, -0.05) is 13.8 Å². The number of anilines is 1. The van der Waals surface area contributed by atoms with E-state index in [-0.39, 0.29) is 0 Å². The number of nitrogens with zero attached hydrogens (tertiary/aromatic N) is 1. The molecule has 0 radical (unpaired) electrons. The quantitative estimate of drug-likeness (QED) is 0.806. The molecule has 1 aromatic heterocycles. The van der Waals surface area contributed by atoms with Crippen LogP contribution < -0.4 is 10.1 Å². The van der Waals surface area contributed by atoms with Crippen LogP contribution in [-0.4, -0.2) is 24.0 Å². The van der Waals surface area contributed by atoms with Crippen LogP contribution in [0.1, 0.15) is 20.3 Å². The normalized spacial score (nSPS) is 12.7. The van der Waals surface area contributed by atoms with Crippen molar-refractivity contribution < 1.29 is 4.74 Å². The lowest BCUT2D eigenvalue weighted by Crippen LogP contribution is -2.26. The molecule has 0 aliphatic heterocycles. The molecule has 1 heterocycles. The summed E-state index contributed by atoms with van der Waals surface area (Å²) in [4.78, 5) is 4.47. The summed E-state index contributed by atoms with van der Waals surface area (Å²) >= 11 is 5.89. The highest BCUT2D eigenvalue weighted by Gasteiger charge is 2.14. The fourth-order valence-corrected chi connectivity index (χ4v) is 2.50. The van der Waals surface area contributed by atoms with Gasteiger partial charge in [0.2, 0.25) is 0 Å². The van der Waals surface area contributed by atoms with Crippen molar-refractivity contribution in [3.8, 4) is 5.75 Å². The second-order valence-corrected chi connectivity index (χ2v) is 5.60. The van der Waals surface area contributed by atoms with E-state index in [1.807, 2.05) is 30.5 Å². The van der Waals surface area contributed by atoms with E-state index in [9.17, 15) is 0 Å². The van der Waals surface area contributed by atoms with E-state index in [1.165, 1.54) is 0 Å². The van der Waals surface area contributed by atoms with Gasteiger partial charge in [-0.3, -0.25) is 0 Å². The first-order valence-corrected chi connectivity index (χ1v) is 7.44. The van der Waals surface area contributed by atoms with Crippen molar-refractivity contribution in [2.75, 3.05) is 18.3 Å². The van der Waals surface area contributed by atoms with Crippen LogP contribution in [0.25, 0.3) is 10.8 Å². The summed E-state index contributed by atoms with van der Waals surface area (Å²) in [5.74, 6) is 2.92. The predicted molar refractivity (Wildman–Crippen MR) is 85.9 cm³/mol. The highest BCUT2D eigenvalue weighted by atomic mass is 35.5. The van der Waals surface area contributed by atoms with Crippen LogP contribution in [0.4, 0.5) is 5.82 Å². The lowest BCUT2D eigenvalue weighted by atomic mass is 10.0. The first kappa shape index (κ1) is 14.9. The van der Waals surface area contributed by atoms with Gasteiger partial charge in [-0.25, -0.2) is 4.98 Å². The number of fused-ring (bicyclic) bond motifs is 1. The molecule has 2 rings (SSSR count). The summed E-state index contributed by atoms with van der Waals surface area (Å²) in [5, 5.41) is 5.75. The van der Waals surface area contributed by atoms with Gasteiger partial charge in [0.25, 0.3) is 0 Å². The number of methoxy groups -OCH3 is 1. The van der Waals surface area contributed by atoms with Crippen molar-refractivity contribution in [1.82, 2.24) is 4.98 Å². The minimum atomic E-state index is 0.327. The molecule has 3 nitrogen and oxygen atoms in total. The smallest absolute Gasteiger partial charge is 0.134 e.